The summed E-state index contributed by atoms with van der Waals surface area (Å²) in [7, 11) is 0. The molecule has 0 aromatic heterocycles. The van der Waals surface area contributed by atoms with Crippen molar-refractivity contribution in [2.45, 2.75) is 15.8 Å². The molecule has 0 unspecified atom stereocenters. The van der Waals surface area contributed by atoms with Crippen molar-refractivity contribution in [1.82, 2.24) is 0 Å². The van der Waals surface area contributed by atoms with Crippen molar-refractivity contribution in [2.24, 2.45) is 0 Å². The molecule has 0 N–H and O–H groups in total. The summed E-state index contributed by atoms with van der Waals surface area (Å²) in [5.74, 6) is 0. The van der Waals surface area contributed by atoms with Gasteiger partial charge in [0.1, 0.15) is 0 Å². The highest BCUT2D eigenvalue weighted by Crippen LogP contribution is 2.41. The monoisotopic (exact) mass is 260 g/mol. The van der Waals surface area contributed by atoms with Gasteiger partial charge >= 0.3 is 5.25 Å². The lowest BCUT2D eigenvalue weighted by Gasteiger charge is -2.14. The Kier molecular flexibility index (Phi) is 3.98. The third-order valence-corrected chi connectivity index (χ3v) is 2.96. The van der Waals surface area contributed by atoms with Crippen molar-refractivity contribution in [3.8, 4) is 0 Å². The van der Waals surface area contributed by atoms with Gasteiger partial charge in [0, 0.05) is 9.92 Å². The molecule has 1 aromatic rings. The molecule has 0 aliphatic carbocycles. The van der Waals surface area contributed by atoms with Gasteiger partial charge in [0.2, 0.25) is 5.63 Å². The Morgan fingerprint density at radius 3 is 2.14 bits per heavy atom. The van der Waals surface area contributed by atoms with E-state index in [2.05, 4.69) is 11.6 Å². The van der Waals surface area contributed by atoms with Crippen molar-refractivity contribution in [3.63, 3.8) is 0 Å². The molecule has 0 aliphatic heterocycles. The van der Waals surface area contributed by atoms with Crippen LogP contribution in [0.3, 0.4) is 0 Å². The molecule has 1 atom stereocenters. The van der Waals surface area contributed by atoms with Crippen LogP contribution in [0.5, 0.6) is 0 Å². The SMILES string of the molecule is F[C@@H](Cl)C(F)(F)Sc1ccc(Cl)cc1. The van der Waals surface area contributed by atoms with Crippen LogP contribution in [-0.2, 0) is 0 Å². The maximum Gasteiger partial charge on any atom is 0.342 e. The molecule has 6 heteroatoms. The third-order valence-electron chi connectivity index (χ3n) is 1.32. The van der Waals surface area contributed by atoms with Gasteiger partial charge in [-0.25, -0.2) is 4.39 Å². The molecule has 0 fully saturated rings. The second-order valence-electron chi connectivity index (χ2n) is 2.42. The Balaban J connectivity index is 2.74. The summed E-state index contributed by atoms with van der Waals surface area (Å²) < 4.78 is 37.7. The average molecular weight is 261 g/mol. The van der Waals surface area contributed by atoms with Crippen LogP contribution >= 0.6 is 35.0 Å². The Morgan fingerprint density at radius 2 is 1.71 bits per heavy atom. The Labute approximate surface area is 93.4 Å². The Hall–Kier alpha value is -0.0600. The van der Waals surface area contributed by atoms with Crippen molar-refractivity contribution in [2.75, 3.05) is 0 Å². The number of alkyl halides is 4. The molecule has 0 aliphatic rings. The van der Waals surface area contributed by atoms with Gasteiger partial charge in [0.25, 0.3) is 0 Å². The van der Waals surface area contributed by atoms with Crippen LogP contribution in [0.4, 0.5) is 13.2 Å². The maximum atomic E-state index is 12.8. The molecule has 0 spiro atoms. The van der Waals surface area contributed by atoms with Crippen LogP contribution in [-0.4, -0.2) is 10.9 Å². The molecular formula is C8H5Cl2F3S. The lowest BCUT2D eigenvalue weighted by atomic mass is 10.4. The summed E-state index contributed by atoms with van der Waals surface area (Å²) >= 11 is 10.3. The van der Waals surface area contributed by atoms with Gasteiger partial charge in [-0.05, 0) is 36.0 Å². The van der Waals surface area contributed by atoms with E-state index in [1.807, 2.05) is 0 Å². The minimum atomic E-state index is -3.63. The fraction of sp³-hybridized carbons (Fsp3) is 0.250. The van der Waals surface area contributed by atoms with E-state index in [0.29, 0.717) is 5.02 Å². The van der Waals surface area contributed by atoms with E-state index in [9.17, 15) is 13.2 Å². The first-order chi connectivity index (χ1) is 6.42. The highest BCUT2D eigenvalue weighted by atomic mass is 35.5. The van der Waals surface area contributed by atoms with Crippen molar-refractivity contribution >= 4 is 35.0 Å². The topological polar surface area (TPSA) is 0 Å². The highest BCUT2D eigenvalue weighted by Gasteiger charge is 2.40. The van der Waals surface area contributed by atoms with Crippen molar-refractivity contribution in [1.29, 1.82) is 0 Å². The number of benzene rings is 1. The lowest BCUT2D eigenvalue weighted by Crippen LogP contribution is -2.20. The normalized spacial score (nSPS) is 14.1. The largest absolute Gasteiger partial charge is 0.342 e. The summed E-state index contributed by atoms with van der Waals surface area (Å²) in [6, 6.07) is 5.64. The number of hydrogen-bond donors (Lipinski definition) is 0. The van der Waals surface area contributed by atoms with Crippen LogP contribution in [0.25, 0.3) is 0 Å². The van der Waals surface area contributed by atoms with E-state index in [1.165, 1.54) is 24.3 Å². The predicted octanol–water partition coefficient (Wildman–Crippen LogP) is 4.56. The van der Waals surface area contributed by atoms with Gasteiger partial charge in [-0.1, -0.05) is 23.2 Å². The van der Waals surface area contributed by atoms with Crippen LogP contribution in [0, 0.1) is 0 Å². The zero-order chi connectivity index (χ0) is 10.8. The molecule has 1 rings (SSSR count). The van der Waals surface area contributed by atoms with Crippen molar-refractivity contribution in [3.05, 3.63) is 29.3 Å². The summed E-state index contributed by atoms with van der Waals surface area (Å²) in [5.41, 5.74) is -2.71. The third kappa shape index (κ3) is 3.26. The number of thioether (sulfide) groups is 1. The number of rotatable bonds is 3. The molecule has 0 radical (unpaired) electrons. The summed E-state index contributed by atoms with van der Waals surface area (Å²) in [6.45, 7) is 0. The van der Waals surface area contributed by atoms with Gasteiger partial charge in [-0.2, -0.15) is 8.78 Å². The molecule has 0 saturated carbocycles. The molecule has 0 heterocycles. The average Bonchev–Trinajstić information content (AvgIpc) is 2.08. The fourth-order valence-corrected chi connectivity index (χ4v) is 1.64. The van der Waals surface area contributed by atoms with Gasteiger partial charge in [-0.15, -0.1) is 0 Å². The van der Waals surface area contributed by atoms with Gasteiger partial charge < -0.3 is 0 Å². The minimum Gasteiger partial charge on any atom is -0.222 e. The summed E-state index contributed by atoms with van der Waals surface area (Å²) in [5, 5.41) is -3.20. The smallest absolute Gasteiger partial charge is 0.222 e. The van der Waals surface area contributed by atoms with Gasteiger partial charge in [0.05, 0.1) is 0 Å². The second-order valence-corrected chi connectivity index (χ2v) is 4.46. The lowest BCUT2D eigenvalue weighted by molar-refractivity contribution is 0.0537. The first-order valence-corrected chi connectivity index (χ1v) is 5.15. The first kappa shape index (κ1) is 12.0. The fourth-order valence-electron chi connectivity index (χ4n) is 0.704. The molecular weight excluding hydrogens is 256 g/mol. The van der Waals surface area contributed by atoms with E-state index < -0.39 is 10.9 Å². The Bertz CT molecular complexity index is 300. The highest BCUT2D eigenvalue weighted by molar-refractivity contribution is 8.00. The van der Waals surface area contributed by atoms with E-state index in [0.717, 1.165) is 0 Å². The first-order valence-electron chi connectivity index (χ1n) is 3.52. The number of hydrogen-bond acceptors (Lipinski definition) is 1. The molecule has 0 amide bonds. The Morgan fingerprint density at radius 1 is 1.21 bits per heavy atom. The summed E-state index contributed by atoms with van der Waals surface area (Å²) in [6.07, 6.45) is 0. The van der Waals surface area contributed by atoms with E-state index in [-0.39, 0.29) is 16.7 Å². The minimum absolute atomic E-state index is 0.0638. The van der Waals surface area contributed by atoms with Crippen molar-refractivity contribution < 1.29 is 13.2 Å². The number of halogens is 5. The van der Waals surface area contributed by atoms with Crippen LogP contribution in [0.1, 0.15) is 0 Å². The molecule has 78 valence electrons. The van der Waals surface area contributed by atoms with E-state index >= 15 is 0 Å². The maximum absolute atomic E-state index is 12.8. The zero-order valence-corrected chi connectivity index (χ0v) is 9.01. The zero-order valence-electron chi connectivity index (χ0n) is 6.68. The van der Waals surface area contributed by atoms with Gasteiger partial charge in [-0.3, -0.25) is 0 Å². The summed E-state index contributed by atoms with van der Waals surface area (Å²) in [4.78, 5) is 0.211. The van der Waals surface area contributed by atoms with Crippen LogP contribution in [0.2, 0.25) is 5.02 Å². The quantitative estimate of drug-likeness (QED) is 0.567. The molecule has 1 aromatic carbocycles. The second kappa shape index (κ2) is 4.64. The molecule has 0 saturated heterocycles. The van der Waals surface area contributed by atoms with E-state index in [4.69, 9.17) is 11.6 Å². The van der Waals surface area contributed by atoms with E-state index in [1.54, 1.807) is 0 Å². The molecule has 14 heavy (non-hydrogen) atoms. The van der Waals surface area contributed by atoms with Gasteiger partial charge in [0.15, 0.2) is 0 Å². The molecule has 0 bridgehead atoms. The predicted molar refractivity (Wildman–Crippen MR) is 53.0 cm³/mol. The molecule has 0 nitrogen and oxygen atoms in total. The van der Waals surface area contributed by atoms with Crippen LogP contribution < -0.4 is 0 Å². The standard InChI is InChI=1S/C8H5Cl2F3S/c9-5-1-3-6(4-2-5)14-8(12,13)7(10)11/h1-4,7H/t7-/m1/s1. The van der Waals surface area contributed by atoms with Crippen LogP contribution in [0.15, 0.2) is 29.2 Å².